The van der Waals surface area contributed by atoms with E-state index in [1.54, 1.807) is 12.1 Å². The van der Waals surface area contributed by atoms with Gasteiger partial charge >= 0.3 is 0 Å². The Kier molecular flexibility index (Phi) is 10.1. The normalized spacial score (nSPS) is 30.9. The van der Waals surface area contributed by atoms with Crippen molar-refractivity contribution in [3.05, 3.63) is 29.1 Å². The van der Waals surface area contributed by atoms with Crippen molar-refractivity contribution in [2.45, 2.75) is 108 Å². The summed E-state index contributed by atoms with van der Waals surface area (Å²) in [6.45, 7) is 14.6. The number of anilines is 1. The van der Waals surface area contributed by atoms with Crippen LogP contribution in [-0.2, 0) is 20.9 Å². The number of carbonyl (C=O) groups excluding carboxylic acids is 3. The summed E-state index contributed by atoms with van der Waals surface area (Å²) in [5, 5.41) is 5.89. The molecule has 6 aliphatic rings. The van der Waals surface area contributed by atoms with E-state index in [0.717, 1.165) is 44.1 Å². The standard InChI is InChI=1S/C37H55FN6O4/c1-37(2)24-41(18-19-43(37)22-26-4-3-15-39-20-26)21-25-5-7-27(8-6-25)48-28-13-16-42(17-14-28)31-10-9-29-30(34(31)38)23-44(36(29)47)32-11-12-33(45)40-35(32)46/h9-10,25-28,32,39H,3-8,11-24H2,1-2H3,(H,40,45,46)/t25?,26-,27?,32?/m0/s1. The molecule has 3 amide bonds. The summed E-state index contributed by atoms with van der Waals surface area (Å²) in [6.07, 6.45) is 10.0. The number of halogens is 1. The van der Waals surface area contributed by atoms with Crippen LogP contribution in [0.1, 0.15) is 94.0 Å². The van der Waals surface area contributed by atoms with E-state index in [0.29, 0.717) is 36.0 Å². The number of piperazine rings is 1. The molecule has 0 spiro atoms. The Morgan fingerprint density at radius 2 is 1.67 bits per heavy atom. The molecular formula is C37H55FN6O4. The van der Waals surface area contributed by atoms with Crippen molar-refractivity contribution in [2.24, 2.45) is 11.8 Å². The molecule has 7 rings (SSSR count). The van der Waals surface area contributed by atoms with Gasteiger partial charge < -0.3 is 19.9 Å². The SMILES string of the molecule is CC1(C)CN(CC2CCC(OC3CCN(c4ccc5c(c4F)CN(C4CCC(=O)NC4=O)C5=O)CC3)CC2)CCN1C[C@H]1CCCNC1. The summed E-state index contributed by atoms with van der Waals surface area (Å²) >= 11 is 0. The zero-order chi connectivity index (χ0) is 33.4. The van der Waals surface area contributed by atoms with Gasteiger partial charge in [0.05, 0.1) is 24.4 Å². The van der Waals surface area contributed by atoms with Crippen LogP contribution in [0.2, 0.25) is 0 Å². The van der Waals surface area contributed by atoms with E-state index in [4.69, 9.17) is 4.74 Å². The number of piperidine rings is 3. The van der Waals surface area contributed by atoms with Gasteiger partial charge in [0.15, 0.2) is 5.82 Å². The Morgan fingerprint density at radius 1 is 0.896 bits per heavy atom. The summed E-state index contributed by atoms with van der Waals surface area (Å²) in [5.74, 6) is 0.00172. The number of hydrogen-bond acceptors (Lipinski definition) is 8. The third-order valence-corrected chi connectivity index (χ3v) is 12.1. The maximum absolute atomic E-state index is 15.8. The van der Waals surface area contributed by atoms with Crippen molar-refractivity contribution < 1.29 is 23.5 Å². The van der Waals surface area contributed by atoms with Crippen molar-refractivity contribution in [2.75, 3.05) is 63.8 Å². The second-order valence-corrected chi connectivity index (χ2v) is 16.0. The van der Waals surface area contributed by atoms with E-state index < -0.39 is 11.9 Å². The predicted octanol–water partition coefficient (Wildman–Crippen LogP) is 3.53. The predicted molar refractivity (Wildman–Crippen MR) is 182 cm³/mol. The molecule has 5 fully saturated rings. The maximum atomic E-state index is 15.8. The van der Waals surface area contributed by atoms with Gasteiger partial charge in [-0.05, 0) is 109 Å². The van der Waals surface area contributed by atoms with Gasteiger partial charge in [-0.1, -0.05) is 0 Å². The van der Waals surface area contributed by atoms with Gasteiger partial charge in [0.25, 0.3) is 5.91 Å². The minimum absolute atomic E-state index is 0.0503. The number of hydrogen-bond donors (Lipinski definition) is 2. The van der Waals surface area contributed by atoms with Crippen LogP contribution in [0.5, 0.6) is 0 Å². The summed E-state index contributed by atoms with van der Waals surface area (Å²) in [4.78, 5) is 46.0. The molecule has 11 heteroatoms. The molecule has 1 aromatic carbocycles. The first-order valence-electron chi connectivity index (χ1n) is 18.7. The summed E-state index contributed by atoms with van der Waals surface area (Å²) in [7, 11) is 0. The fourth-order valence-electron chi connectivity index (χ4n) is 9.33. The van der Waals surface area contributed by atoms with Crippen LogP contribution < -0.4 is 15.5 Å². The summed E-state index contributed by atoms with van der Waals surface area (Å²) < 4.78 is 22.5. The minimum atomic E-state index is -0.745. The first kappa shape index (κ1) is 33.9. The molecule has 0 radical (unpaired) electrons. The zero-order valence-electron chi connectivity index (χ0n) is 29.0. The Morgan fingerprint density at radius 3 is 2.38 bits per heavy atom. The second-order valence-electron chi connectivity index (χ2n) is 16.0. The van der Waals surface area contributed by atoms with E-state index in [9.17, 15) is 14.4 Å². The van der Waals surface area contributed by atoms with Crippen LogP contribution in [0.4, 0.5) is 10.1 Å². The molecule has 0 aromatic heterocycles. The molecule has 5 heterocycles. The fourth-order valence-corrected chi connectivity index (χ4v) is 9.33. The topological polar surface area (TPSA) is 97.5 Å². The molecule has 1 aliphatic carbocycles. The third-order valence-electron chi connectivity index (χ3n) is 12.1. The van der Waals surface area contributed by atoms with E-state index in [-0.39, 0.29) is 48.7 Å². The molecule has 4 saturated heterocycles. The van der Waals surface area contributed by atoms with E-state index in [1.165, 1.54) is 69.9 Å². The smallest absolute Gasteiger partial charge is 0.255 e. The lowest BCUT2D eigenvalue weighted by molar-refractivity contribution is -0.136. The van der Waals surface area contributed by atoms with Gasteiger partial charge in [0.2, 0.25) is 11.8 Å². The van der Waals surface area contributed by atoms with Gasteiger partial charge in [-0.15, -0.1) is 0 Å². The average Bonchev–Trinajstić information content (AvgIpc) is 3.41. The first-order valence-corrected chi connectivity index (χ1v) is 18.7. The number of rotatable bonds is 8. The molecule has 2 atom stereocenters. The van der Waals surface area contributed by atoms with Crippen molar-refractivity contribution in [3.8, 4) is 0 Å². The molecule has 48 heavy (non-hydrogen) atoms. The largest absolute Gasteiger partial charge is 0.375 e. The van der Waals surface area contributed by atoms with E-state index in [1.807, 2.05) is 0 Å². The molecule has 5 aliphatic heterocycles. The highest BCUT2D eigenvalue weighted by Gasteiger charge is 2.41. The quantitative estimate of drug-likeness (QED) is 0.407. The Balaban J connectivity index is 0.843. The molecule has 1 saturated carbocycles. The van der Waals surface area contributed by atoms with Crippen molar-refractivity contribution >= 4 is 23.4 Å². The first-order chi connectivity index (χ1) is 23.1. The molecule has 2 N–H and O–H groups in total. The number of amides is 3. The maximum Gasteiger partial charge on any atom is 0.255 e. The van der Waals surface area contributed by atoms with Crippen LogP contribution in [-0.4, -0.2) is 115 Å². The molecule has 264 valence electrons. The molecule has 1 aromatic rings. The van der Waals surface area contributed by atoms with Crippen molar-refractivity contribution in [1.29, 1.82) is 0 Å². The number of benzene rings is 1. The highest BCUT2D eigenvalue weighted by atomic mass is 19.1. The zero-order valence-corrected chi connectivity index (χ0v) is 29.0. The van der Waals surface area contributed by atoms with E-state index in [2.05, 4.69) is 39.2 Å². The Bertz CT molecular complexity index is 1350. The number of fused-ring (bicyclic) bond motifs is 1. The summed E-state index contributed by atoms with van der Waals surface area (Å²) in [6, 6.07) is 2.65. The minimum Gasteiger partial charge on any atom is -0.375 e. The second kappa shape index (κ2) is 14.3. The fraction of sp³-hybridized carbons (Fsp3) is 0.757. The van der Waals surface area contributed by atoms with Gasteiger partial charge in [0, 0.05) is 68.9 Å². The van der Waals surface area contributed by atoms with Crippen LogP contribution >= 0.6 is 0 Å². The Hall–Kier alpha value is -2.60. The average molecular weight is 667 g/mol. The molecular weight excluding hydrogens is 611 g/mol. The molecule has 1 unspecified atom stereocenters. The van der Waals surface area contributed by atoms with Crippen LogP contribution in [0.3, 0.4) is 0 Å². The number of nitrogens with zero attached hydrogens (tertiary/aromatic N) is 4. The number of nitrogens with one attached hydrogen (secondary N) is 2. The lowest BCUT2D eigenvalue weighted by Gasteiger charge is -2.49. The van der Waals surface area contributed by atoms with Crippen LogP contribution in [0, 0.1) is 17.7 Å². The highest BCUT2D eigenvalue weighted by molar-refractivity contribution is 6.05. The van der Waals surface area contributed by atoms with Crippen LogP contribution in [0.15, 0.2) is 12.1 Å². The lowest BCUT2D eigenvalue weighted by atomic mass is 9.86. The number of carbonyl (C=O) groups is 3. The summed E-state index contributed by atoms with van der Waals surface area (Å²) in [5.41, 5.74) is 1.40. The van der Waals surface area contributed by atoms with Gasteiger partial charge in [-0.2, -0.15) is 0 Å². The van der Waals surface area contributed by atoms with Crippen molar-refractivity contribution in [3.63, 3.8) is 0 Å². The highest BCUT2D eigenvalue weighted by Crippen LogP contribution is 2.36. The number of ether oxygens (including phenoxy) is 1. The van der Waals surface area contributed by atoms with Gasteiger partial charge in [0.1, 0.15) is 6.04 Å². The van der Waals surface area contributed by atoms with E-state index >= 15 is 4.39 Å². The number of imide groups is 1. The lowest BCUT2D eigenvalue weighted by Crippen LogP contribution is -2.61. The third kappa shape index (κ3) is 7.30. The van der Waals surface area contributed by atoms with Gasteiger partial charge in [-0.25, -0.2) is 4.39 Å². The molecule has 0 bridgehead atoms. The van der Waals surface area contributed by atoms with Crippen molar-refractivity contribution in [1.82, 2.24) is 25.3 Å². The monoisotopic (exact) mass is 666 g/mol. The van der Waals surface area contributed by atoms with Gasteiger partial charge in [-0.3, -0.25) is 29.5 Å². The Labute approximate surface area is 285 Å². The molecule has 10 nitrogen and oxygen atoms in total. The van der Waals surface area contributed by atoms with Crippen LogP contribution in [0.25, 0.3) is 0 Å².